The molecule has 1 amide bonds. The highest BCUT2D eigenvalue weighted by molar-refractivity contribution is 5.76. The fraction of sp³-hybridized carbons (Fsp3) is 0.588. The summed E-state index contributed by atoms with van der Waals surface area (Å²) in [6.45, 7) is 7.15. The Morgan fingerprint density at radius 3 is 2.60 bits per heavy atom. The lowest BCUT2D eigenvalue weighted by Crippen LogP contribution is -2.53. The monoisotopic (exact) mass is 274 g/mol. The van der Waals surface area contributed by atoms with Gasteiger partial charge < -0.3 is 11.1 Å². The van der Waals surface area contributed by atoms with E-state index < -0.39 is 0 Å². The summed E-state index contributed by atoms with van der Waals surface area (Å²) in [5, 5.41) is 3.01. The number of nitrogens with two attached hydrogens (primary N) is 1. The summed E-state index contributed by atoms with van der Waals surface area (Å²) < 4.78 is 0. The first-order valence-corrected chi connectivity index (χ1v) is 7.47. The molecule has 1 aromatic carbocycles. The molecule has 0 saturated heterocycles. The molecule has 3 nitrogen and oxygen atoms in total. The molecule has 0 heterocycles. The second-order valence-corrected chi connectivity index (χ2v) is 6.69. The minimum atomic E-state index is 0.148. The van der Waals surface area contributed by atoms with Crippen LogP contribution in [0.2, 0.25) is 0 Å². The smallest absolute Gasteiger partial charge is 0.220 e. The van der Waals surface area contributed by atoms with Crippen LogP contribution in [0.15, 0.2) is 30.3 Å². The molecule has 0 aliphatic heterocycles. The number of carbonyl (C=O) groups excluding carboxylic acids is 1. The molecular formula is C17H26N2O. The van der Waals surface area contributed by atoms with Crippen molar-refractivity contribution < 1.29 is 4.79 Å². The molecule has 1 aromatic rings. The fourth-order valence-corrected chi connectivity index (χ4v) is 3.39. The molecule has 1 saturated carbocycles. The maximum Gasteiger partial charge on any atom is 0.220 e. The van der Waals surface area contributed by atoms with Crippen LogP contribution in [-0.4, -0.2) is 11.9 Å². The van der Waals surface area contributed by atoms with Gasteiger partial charge in [-0.25, -0.2) is 0 Å². The summed E-state index contributed by atoms with van der Waals surface area (Å²) in [6.07, 6.45) is 1.69. The third kappa shape index (κ3) is 3.21. The van der Waals surface area contributed by atoms with Gasteiger partial charge in [0.25, 0.3) is 0 Å². The van der Waals surface area contributed by atoms with Crippen LogP contribution in [-0.2, 0) is 11.3 Å². The van der Waals surface area contributed by atoms with Crippen LogP contribution in [0.5, 0.6) is 0 Å². The zero-order chi connectivity index (χ0) is 14.8. The zero-order valence-corrected chi connectivity index (χ0v) is 12.7. The summed E-state index contributed by atoms with van der Waals surface area (Å²) in [4.78, 5) is 12.0. The molecule has 3 atom stereocenters. The van der Waals surface area contributed by atoms with E-state index in [1.54, 1.807) is 0 Å². The van der Waals surface area contributed by atoms with Crippen molar-refractivity contribution in [3.05, 3.63) is 35.9 Å². The summed E-state index contributed by atoms with van der Waals surface area (Å²) in [5.41, 5.74) is 7.32. The van der Waals surface area contributed by atoms with Gasteiger partial charge in [-0.1, -0.05) is 44.2 Å². The molecule has 0 bridgehead atoms. The molecule has 110 valence electrons. The molecule has 3 N–H and O–H groups in total. The van der Waals surface area contributed by atoms with Gasteiger partial charge in [-0.15, -0.1) is 0 Å². The first-order valence-electron chi connectivity index (χ1n) is 7.47. The molecule has 2 rings (SSSR count). The summed E-state index contributed by atoms with van der Waals surface area (Å²) in [6, 6.07) is 10.2. The predicted octanol–water partition coefficient (Wildman–Crippen LogP) is 2.70. The van der Waals surface area contributed by atoms with Crippen molar-refractivity contribution in [2.45, 2.75) is 46.2 Å². The lowest BCUT2D eigenvalue weighted by atomic mass is 9.52. The van der Waals surface area contributed by atoms with Crippen LogP contribution in [0.4, 0.5) is 0 Å². The SMILES string of the molecule is CC(N)C1CC(CC(=O)NCc2ccccc2)C1(C)C. The first-order chi connectivity index (χ1) is 9.41. The van der Waals surface area contributed by atoms with Crippen molar-refractivity contribution in [2.24, 2.45) is 23.0 Å². The van der Waals surface area contributed by atoms with E-state index in [1.807, 2.05) is 30.3 Å². The van der Waals surface area contributed by atoms with Crippen LogP contribution in [0.1, 0.15) is 39.2 Å². The average Bonchev–Trinajstić information content (AvgIpc) is 2.41. The highest BCUT2D eigenvalue weighted by Crippen LogP contribution is 2.53. The van der Waals surface area contributed by atoms with Gasteiger partial charge >= 0.3 is 0 Å². The molecule has 20 heavy (non-hydrogen) atoms. The third-order valence-corrected chi connectivity index (χ3v) is 4.95. The summed E-state index contributed by atoms with van der Waals surface area (Å²) in [7, 11) is 0. The van der Waals surface area contributed by atoms with Crippen molar-refractivity contribution in [3.63, 3.8) is 0 Å². The quantitative estimate of drug-likeness (QED) is 0.867. The predicted molar refractivity (Wildman–Crippen MR) is 81.9 cm³/mol. The summed E-state index contributed by atoms with van der Waals surface area (Å²) in [5.74, 6) is 1.14. The number of carbonyl (C=O) groups is 1. The van der Waals surface area contributed by atoms with Gasteiger partial charge in [-0.05, 0) is 36.2 Å². The molecule has 1 aliphatic rings. The minimum absolute atomic E-state index is 0.148. The normalized spacial score (nSPS) is 25.6. The van der Waals surface area contributed by atoms with Gasteiger partial charge in [0.15, 0.2) is 0 Å². The van der Waals surface area contributed by atoms with Gasteiger partial charge in [0.1, 0.15) is 0 Å². The van der Waals surface area contributed by atoms with Crippen molar-refractivity contribution in [1.29, 1.82) is 0 Å². The summed E-state index contributed by atoms with van der Waals surface area (Å²) >= 11 is 0. The van der Waals surface area contributed by atoms with E-state index in [2.05, 4.69) is 26.1 Å². The van der Waals surface area contributed by atoms with Gasteiger partial charge in [0, 0.05) is 19.0 Å². The number of hydrogen-bond acceptors (Lipinski definition) is 2. The third-order valence-electron chi connectivity index (χ3n) is 4.95. The topological polar surface area (TPSA) is 55.1 Å². The van der Waals surface area contributed by atoms with Crippen LogP contribution >= 0.6 is 0 Å². The van der Waals surface area contributed by atoms with Crippen molar-refractivity contribution >= 4 is 5.91 Å². The standard InChI is InChI=1S/C17H26N2O/c1-12(18)15-9-14(17(15,2)3)10-16(20)19-11-13-7-5-4-6-8-13/h4-8,12,14-15H,9-11,18H2,1-3H3,(H,19,20). The van der Waals surface area contributed by atoms with Crippen LogP contribution in [0.3, 0.4) is 0 Å². The van der Waals surface area contributed by atoms with Crippen molar-refractivity contribution in [3.8, 4) is 0 Å². The van der Waals surface area contributed by atoms with E-state index in [0.29, 0.717) is 24.8 Å². The zero-order valence-electron chi connectivity index (χ0n) is 12.7. The van der Waals surface area contributed by atoms with Gasteiger partial charge in [0.05, 0.1) is 0 Å². The van der Waals surface area contributed by atoms with Crippen LogP contribution < -0.4 is 11.1 Å². The number of rotatable bonds is 5. The van der Waals surface area contributed by atoms with E-state index in [4.69, 9.17) is 5.73 Å². The van der Waals surface area contributed by atoms with Crippen LogP contribution in [0.25, 0.3) is 0 Å². The Kier molecular flexibility index (Phi) is 4.48. The second-order valence-electron chi connectivity index (χ2n) is 6.69. The molecule has 3 unspecified atom stereocenters. The highest BCUT2D eigenvalue weighted by Gasteiger charge is 2.49. The largest absolute Gasteiger partial charge is 0.352 e. The molecule has 0 spiro atoms. The fourth-order valence-electron chi connectivity index (χ4n) is 3.39. The van der Waals surface area contributed by atoms with E-state index in [1.165, 1.54) is 0 Å². The molecule has 0 aromatic heterocycles. The van der Waals surface area contributed by atoms with Gasteiger partial charge in [-0.3, -0.25) is 4.79 Å². The van der Waals surface area contributed by atoms with Crippen molar-refractivity contribution in [2.75, 3.05) is 0 Å². The lowest BCUT2D eigenvalue weighted by molar-refractivity contribution is -0.127. The Labute approximate surface area is 121 Å². The minimum Gasteiger partial charge on any atom is -0.352 e. The highest BCUT2D eigenvalue weighted by atomic mass is 16.1. The number of hydrogen-bond donors (Lipinski definition) is 2. The van der Waals surface area contributed by atoms with Crippen LogP contribution in [0, 0.1) is 17.3 Å². The van der Waals surface area contributed by atoms with E-state index >= 15 is 0 Å². The number of amides is 1. The van der Waals surface area contributed by atoms with E-state index in [0.717, 1.165) is 12.0 Å². The molecule has 1 fully saturated rings. The molecule has 0 radical (unpaired) electrons. The maximum atomic E-state index is 12.0. The molecule has 1 aliphatic carbocycles. The first kappa shape index (κ1) is 15.0. The lowest BCUT2D eigenvalue weighted by Gasteiger charge is -2.54. The number of nitrogens with one attached hydrogen (secondary N) is 1. The second kappa shape index (κ2) is 5.96. The van der Waals surface area contributed by atoms with Gasteiger partial charge in [-0.2, -0.15) is 0 Å². The number of benzene rings is 1. The van der Waals surface area contributed by atoms with Crippen molar-refractivity contribution in [1.82, 2.24) is 5.32 Å². The van der Waals surface area contributed by atoms with E-state index in [9.17, 15) is 4.79 Å². The Morgan fingerprint density at radius 1 is 1.40 bits per heavy atom. The Hall–Kier alpha value is -1.35. The average molecular weight is 274 g/mol. The molecule has 3 heteroatoms. The Bertz CT molecular complexity index is 453. The maximum absolute atomic E-state index is 12.0. The Balaban J connectivity index is 1.79. The molecular weight excluding hydrogens is 248 g/mol. The van der Waals surface area contributed by atoms with E-state index in [-0.39, 0.29) is 17.4 Å². The Morgan fingerprint density at radius 2 is 2.05 bits per heavy atom. The van der Waals surface area contributed by atoms with Gasteiger partial charge in [0.2, 0.25) is 5.91 Å².